The van der Waals surface area contributed by atoms with Gasteiger partial charge in [0.2, 0.25) is 0 Å². The van der Waals surface area contributed by atoms with Crippen molar-refractivity contribution in [2.45, 2.75) is 26.3 Å². The summed E-state index contributed by atoms with van der Waals surface area (Å²) in [6.45, 7) is 1.45. The first-order valence-electron chi connectivity index (χ1n) is 4.68. The van der Waals surface area contributed by atoms with Gasteiger partial charge in [-0.2, -0.15) is 13.2 Å². The Balaban J connectivity index is 2.88. The molecule has 8 heteroatoms. The number of nitrogens with zero attached hydrogens (tertiary/aromatic N) is 3. The van der Waals surface area contributed by atoms with Crippen molar-refractivity contribution in [3.8, 4) is 0 Å². The van der Waals surface area contributed by atoms with Gasteiger partial charge in [0.05, 0.1) is 19.8 Å². The monoisotopic (exact) mass is 239 g/mol. The van der Waals surface area contributed by atoms with E-state index in [4.69, 9.17) is 9.84 Å². The van der Waals surface area contributed by atoms with Gasteiger partial charge in [-0.15, -0.1) is 5.10 Å². The predicted molar refractivity (Wildman–Crippen MR) is 47.4 cm³/mol. The maximum Gasteiger partial charge on any atom is 0.435 e. The lowest BCUT2D eigenvalue weighted by atomic mass is 10.3. The molecule has 0 unspecified atom stereocenters. The fourth-order valence-electron chi connectivity index (χ4n) is 1.22. The van der Waals surface area contributed by atoms with E-state index >= 15 is 0 Å². The molecule has 0 aliphatic heterocycles. The van der Waals surface area contributed by atoms with Gasteiger partial charge < -0.3 is 9.84 Å². The summed E-state index contributed by atoms with van der Waals surface area (Å²) in [5.74, 6) is 0. The van der Waals surface area contributed by atoms with Crippen LogP contribution in [0.4, 0.5) is 13.2 Å². The SMILES string of the molecule is CCOCCn1nnc(CO)c1C(F)(F)F. The Morgan fingerprint density at radius 3 is 2.62 bits per heavy atom. The van der Waals surface area contributed by atoms with Gasteiger partial charge in [0.1, 0.15) is 5.69 Å². The average molecular weight is 239 g/mol. The van der Waals surface area contributed by atoms with Gasteiger partial charge in [-0.25, -0.2) is 4.68 Å². The summed E-state index contributed by atoms with van der Waals surface area (Å²) in [6, 6.07) is 0. The first-order valence-corrected chi connectivity index (χ1v) is 4.68. The van der Waals surface area contributed by atoms with Crippen LogP contribution >= 0.6 is 0 Å². The molecule has 0 atom stereocenters. The van der Waals surface area contributed by atoms with Crippen LogP contribution in [-0.2, 0) is 24.1 Å². The van der Waals surface area contributed by atoms with Crippen LogP contribution in [0, 0.1) is 0 Å². The van der Waals surface area contributed by atoms with E-state index in [-0.39, 0.29) is 13.2 Å². The Morgan fingerprint density at radius 2 is 2.12 bits per heavy atom. The standard InChI is InChI=1S/C8H12F3N3O2/c1-2-16-4-3-14-7(8(9,10)11)6(5-15)12-13-14/h15H,2-5H2,1H3. The van der Waals surface area contributed by atoms with Crippen LogP contribution in [0.3, 0.4) is 0 Å². The highest BCUT2D eigenvalue weighted by molar-refractivity contribution is 5.12. The molecule has 0 aliphatic rings. The Morgan fingerprint density at radius 1 is 1.44 bits per heavy atom. The Hall–Kier alpha value is -1.15. The van der Waals surface area contributed by atoms with Gasteiger partial charge in [-0.05, 0) is 6.92 Å². The maximum absolute atomic E-state index is 12.6. The van der Waals surface area contributed by atoms with Crippen LogP contribution in [0.2, 0.25) is 0 Å². The molecule has 0 saturated heterocycles. The molecule has 0 fully saturated rings. The van der Waals surface area contributed by atoms with Crippen LogP contribution in [0.15, 0.2) is 0 Å². The summed E-state index contributed by atoms with van der Waals surface area (Å²) in [6.07, 6.45) is -4.58. The number of aliphatic hydroxyl groups is 1. The third kappa shape index (κ3) is 2.92. The second-order valence-corrected chi connectivity index (χ2v) is 2.96. The predicted octanol–water partition coefficient (Wildman–Crippen LogP) is 0.826. The summed E-state index contributed by atoms with van der Waals surface area (Å²) in [7, 11) is 0. The third-order valence-electron chi connectivity index (χ3n) is 1.87. The van der Waals surface area contributed by atoms with Crippen molar-refractivity contribution in [2.75, 3.05) is 13.2 Å². The van der Waals surface area contributed by atoms with Gasteiger partial charge in [-0.3, -0.25) is 0 Å². The summed E-state index contributed by atoms with van der Waals surface area (Å²) in [4.78, 5) is 0. The minimum Gasteiger partial charge on any atom is -0.390 e. The first kappa shape index (κ1) is 12.9. The number of rotatable bonds is 5. The molecule has 1 N–H and O–H groups in total. The summed E-state index contributed by atoms with van der Waals surface area (Å²) in [5, 5.41) is 15.3. The van der Waals surface area contributed by atoms with Crippen molar-refractivity contribution in [2.24, 2.45) is 0 Å². The highest BCUT2D eigenvalue weighted by atomic mass is 19.4. The van der Waals surface area contributed by atoms with Crippen molar-refractivity contribution in [3.05, 3.63) is 11.4 Å². The van der Waals surface area contributed by atoms with Crippen molar-refractivity contribution >= 4 is 0 Å². The number of aliphatic hydroxyl groups excluding tert-OH is 1. The minimum atomic E-state index is -4.58. The lowest BCUT2D eigenvalue weighted by Gasteiger charge is -2.10. The summed E-state index contributed by atoms with van der Waals surface area (Å²) in [5.41, 5.74) is -1.49. The van der Waals surface area contributed by atoms with E-state index in [1.165, 1.54) is 0 Å². The van der Waals surface area contributed by atoms with Crippen molar-refractivity contribution in [3.63, 3.8) is 0 Å². The quantitative estimate of drug-likeness (QED) is 0.773. The van der Waals surface area contributed by atoms with E-state index in [0.717, 1.165) is 0 Å². The van der Waals surface area contributed by atoms with Crippen molar-refractivity contribution < 1.29 is 23.0 Å². The Labute approximate surface area is 89.8 Å². The van der Waals surface area contributed by atoms with E-state index in [2.05, 4.69) is 10.3 Å². The lowest BCUT2D eigenvalue weighted by molar-refractivity contribution is -0.145. The molecule has 1 aromatic heterocycles. The molecule has 0 spiro atoms. The maximum atomic E-state index is 12.6. The number of alkyl halides is 3. The molecule has 5 nitrogen and oxygen atoms in total. The van der Waals surface area contributed by atoms with Gasteiger partial charge >= 0.3 is 6.18 Å². The number of hydrogen-bond donors (Lipinski definition) is 1. The van der Waals surface area contributed by atoms with E-state index in [1.54, 1.807) is 6.92 Å². The Kier molecular flexibility index (Phi) is 4.25. The van der Waals surface area contributed by atoms with E-state index < -0.39 is 24.2 Å². The molecule has 16 heavy (non-hydrogen) atoms. The van der Waals surface area contributed by atoms with Crippen LogP contribution in [-0.4, -0.2) is 33.3 Å². The average Bonchev–Trinajstić information content (AvgIpc) is 2.61. The molecule has 1 heterocycles. The van der Waals surface area contributed by atoms with Crippen LogP contribution in [0.1, 0.15) is 18.3 Å². The number of halogens is 3. The minimum absolute atomic E-state index is 0.0459. The molecule has 0 radical (unpaired) electrons. The van der Waals surface area contributed by atoms with Gasteiger partial charge in [0.25, 0.3) is 0 Å². The summed E-state index contributed by atoms with van der Waals surface area (Å²) >= 11 is 0. The molecular formula is C8H12F3N3O2. The van der Waals surface area contributed by atoms with Gasteiger partial charge in [0, 0.05) is 6.61 Å². The fraction of sp³-hybridized carbons (Fsp3) is 0.750. The van der Waals surface area contributed by atoms with Gasteiger partial charge in [-0.1, -0.05) is 5.21 Å². The van der Waals surface area contributed by atoms with Crippen LogP contribution in [0.25, 0.3) is 0 Å². The molecule has 0 aliphatic carbocycles. The zero-order valence-corrected chi connectivity index (χ0v) is 8.66. The molecule has 0 saturated carbocycles. The highest BCUT2D eigenvalue weighted by Gasteiger charge is 2.38. The molecule has 1 rings (SSSR count). The topological polar surface area (TPSA) is 60.2 Å². The lowest BCUT2D eigenvalue weighted by Crippen LogP contribution is -2.18. The molecular weight excluding hydrogens is 227 g/mol. The number of hydrogen-bond acceptors (Lipinski definition) is 4. The number of aromatic nitrogens is 3. The highest BCUT2D eigenvalue weighted by Crippen LogP contribution is 2.30. The zero-order chi connectivity index (χ0) is 12.2. The summed E-state index contributed by atoms with van der Waals surface area (Å²) < 4.78 is 43.4. The molecule has 0 bridgehead atoms. The molecule has 1 aromatic rings. The van der Waals surface area contributed by atoms with Crippen LogP contribution in [0.5, 0.6) is 0 Å². The second kappa shape index (κ2) is 5.26. The molecule has 0 aromatic carbocycles. The first-order chi connectivity index (χ1) is 7.50. The van der Waals surface area contributed by atoms with Crippen LogP contribution < -0.4 is 0 Å². The van der Waals surface area contributed by atoms with Crippen molar-refractivity contribution in [1.29, 1.82) is 0 Å². The molecule has 0 amide bonds. The fourth-order valence-corrected chi connectivity index (χ4v) is 1.22. The Bertz CT molecular complexity index is 338. The largest absolute Gasteiger partial charge is 0.435 e. The van der Waals surface area contributed by atoms with E-state index in [1.807, 2.05) is 0 Å². The van der Waals surface area contributed by atoms with Gasteiger partial charge in [0.15, 0.2) is 5.69 Å². The smallest absolute Gasteiger partial charge is 0.390 e. The second-order valence-electron chi connectivity index (χ2n) is 2.96. The molecule has 92 valence electrons. The third-order valence-corrected chi connectivity index (χ3v) is 1.87. The zero-order valence-electron chi connectivity index (χ0n) is 8.66. The van der Waals surface area contributed by atoms with E-state index in [0.29, 0.717) is 11.3 Å². The number of ether oxygens (including phenoxy) is 1. The van der Waals surface area contributed by atoms with Crippen molar-refractivity contribution in [1.82, 2.24) is 15.0 Å². The van der Waals surface area contributed by atoms with E-state index in [9.17, 15) is 13.2 Å². The normalized spacial score (nSPS) is 12.1.